The molecule has 1 aliphatic rings. The van der Waals surface area contributed by atoms with E-state index >= 15 is 0 Å². The number of carbonyl (C=O) groups excluding carboxylic acids is 2. The molecule has 7 heteroatoms. The second-order valence-electron chi connectivity index (χ2n) is 6.68. The number of anilines is 2. The number of hydrogen-bond acceptors (Lipinski definition) is 6. The van der Waals surface area contributed by atoms with Gasteiger partial charge in [0, 0.05) is 12.1 Å². The van der Waals surface area contributed by atoms with Crippen LogP contribution in [0.1, 0.15) is 46.6 Å². The molecule has 142 valence electrons. The number of carbonyl (C=O) groups is 2. The summed E-state index contributed by atoms with van der Waals surface area (Å²) in [5, 5.41) is 0. The monoisotopic (exact) mass is 368 g/mol. The maximum atomic E-state index is 12.3. The molecule has 0 unspecified atom stereocenters. The van der Waals surface area contributed by atoms with Gasteiger partial charge in [-0.2, -0.15) is 0 Å². The Morgan fingerprint density at radius 2 is 2.07 bits per heavy atom. The largest absolute Gasteiger partial charge is 0.465 e. The minimum atomic E-state index is -0.320. The van der Waals surface area contributed by atoms with Gasteiger partial charge in [0.05, 0.1) is 19.1 Å². The molecule has 0 radical (unpaired) electrons. The van der Waals surface area contributed by atoms with Crippen molar-refractivity contribution < 1.29 is 14.3 Å². The van der Waals surface area contributed by atoms with Gasteiger partial charge < -0.3 is 10.5 Å². The Morgan fingerprint density at radius 3 is 2.85 bits per heavy atom. The zero-order chi connectivity index (χ0) is 19.4. The fraction of sp³-hybridized carbons (Fsp3) is 0.400. The smallest absolute Gasteiger partial charge is 0.337 e. The molecule has 3 rings (SSSR count). The lowest BCUT2D eigenvalue weighted by Gasteiger charge is -2.16. The summed E-state index contributed by atoms with van der Waals surface area (Å²) in [6, 6.07) is 7.50. The molecule has 2 N–H and O–H groups in total. The number of rotatable bonds is 7. The quantitative estimate of drug-likeness (QED) is 0.595. The first-order valence-electron chi connectivity index (χ1n) is 9.10. The van der Waals surface area contributed by atoms with E-state index in [1.54, 1.807) is 17.9 Å². The molecule has 2 heterocycles. The van der Waals surface area contributed by atoms with E-state index in [1.165, 1.54) is 7.11 Å². The van der Waals surface area contributed by atoms with Gasteiger partial charge >= 0.3 is 5.97 Å². The first kappa shape index (κ1) is 18.8. The Hall–Kier alpha value is -2.96. The van der Waals surface area contributed by atoms with Gasteiger partial charge in [0.2, 0.25) is 5.91 Å². The topological polar surface area (TPSA) is 98.4 Å². The van der Waals surface area contributed by atoms with Crippen LogP contribution in [-0.4, -0.2) is 35.5 Å². The summed E-state index contributed by atoms with van der Waals surface area (Å²) in [4.78, 5) is 34.1. The number of nitrogen functional groups attached to an aromatic ring is 1. The lowest BCUT2D eigenvalue weighted by Crippen LogP contribution is -2.28. The molecule has 1 aromatic carbocycles. The Balaban J connectivity index is 1.51. The summed E-state index contributed by atoms with van der Waals surface area (Å²) in [6.45, 7) is 2.41. The average molecular weight is 368 g/mol. The predicted molar refractivity (Wildman–Crippen MR) is 103 cm³/mol. The van der Waals surface area contributed by atoms with Crippen molar-refractivity contribution >= 4 is 23.5 Å². The Morgan fingerprint density at radius 1 is 1.26 bits per heavy atom. The van der Waals surface area contributed by atoms with E-state index in [-0.39, 0.29) is 18.3 Å². The fourth-order valence-corrected chi connectivity index (χ4v) is 3.34. The number of nitrogens with two attached hydrogens (primary N) is 1. The molecule has 0 aliphatic carbocycles. The number of hydrogen-bond donors (Lipinski definition) is 1. The van der Waals surface area contributed by atoms with Crippen LogP contribution < -0.4 is 10.6 Å². The van der Waals surface area contributed by atoms with Crippen molar-refractivity contribution in [3.8, 4) is 0 Å². The highest BCUT2D eigenvalue weighted by Gasteiger charge is 2.30. The zero-order valence-corrected chi connectivity index (χ0v) is 15.7. The predicted octanol–water partition coefficient (Wildman–Crippen LogP) is 2.46. The van der Waals surface area contributed by atoms with Crippen LogP contribution in [0, 0.1) is 6.92 Å². The van der Waals surface area contributed by atoms with E-state index in [1.807, 2.05) is 18.2 Å². The van der Waals surface area contributed by atoms with E-state index in [0.29, 0.717) is 29.6 Å². The van der Waals surface area contributed by atoms with E-state index in [0.717, 1.165) is 36.8 Å². The molecule has 1 aliphatic heterocycles. The maximum absolute atomic E-state index is 12.3. The van der Waals surface area contributed by atoms with Crippen molar-refractivity contribution in [3.63, 3.8) is 0 Å². The number of methoxy groups -OCH3 is 1. The number of aromatic nitrogens is 2. The van der Waals surface area contributed by atoms with Gasteiger partial charge in [-0.3, -0.25) is 9.69 Å². The second kappa shape index (κ2) is 8.16. The first-order valence-corrected chi connectivity index (χ1v) is 9.10. The van der Waals surface area contributed by atoms with Gasteiger partial charge in [-0.25, -0.2) is 14.8 Å². The lowest BCUT2D eigenvalue weighted by molar-refractivity contribution is -0.117. The second-order valence-corrected chi connectivity index (χ2v) is 6.68. The molecule has 0 fully saturated rings. The summed E-state index contributed by atoms with van der Waals surface area (Å²) in [5.74, 6) is 1.35. The van der Waals surface area contributed by atoms with Crippen LogP contribution >= 0.6 is 0 Å². The van der Waals surface area contributed by atoms with Gasteiger partial charge in [-0.15, -0.1) is 0 Å². The van der Waals surface area contributed by atoms with Crippen LogP contribution in [0.2, 0.25) is 0 Å². The van der Waals surface area contributed by atoms with E-state index in [2.05, 4.69) is 9.97 Å². The van der Waals surface area contributed by atoms with E-state index in [9.17, 15) is 9.59 Å². The number of unbranched alkanes of at least 4 members (excludes halogenated alkanes) is 2. The van der Waals surface area contributed by atoms with Gasteiger partial charge in [0.25, 0.3) is 0 Å². The van der Waals surface area contributed by atoms with Crippen LogP contribution in [-0.2, 0) is 22.4 Å². The van der Waals surface area contributed by atoms with Gasteiger partial charge in [-0.05, 0) is 43.9 Å². The number of benzene rings is 1. The molecule has 0 atom stereocenters. The van der Waals surface area contributed by atoms with Crippen molar-refractivity contribution in [3.05, 3.63) is 46.8 Å². The highest BCUT2D eigenvalue weighted by Crippen LogP contribution is 2.30. The standard InChI is InChI=1S/C20H24N4O3/c1-13-22-18(21)16-12-17(25)24(19(16)23-13)10-5-3-4-7-14-8-6-9-15(11-14)20(26)27-2/h6,8-9,11H,3-5,7,10,12H2,1-2H3,(H2,21,22,23). The molecule has 7 nitrogen and oxygen atoms in total. The van der Waals surface area contributed by atoms with E-state index < -0.39 is 0 Å². The number of aryl methyl sites for hydroxylation is 2. The molecule has 0 saturated carbocycles. The molecule has 1 aromatic heterocycles. The molecular formula is C20H24N4O3. The average Bonchev–Trinajstić information content (AvgIpc) is 2.97. The summed E-state index contributed by atoms with van der Waals surface area (Å²) in [5.41, 5.74) is 8.34. The van der Waals surface area contributed by atoms with Gasteiger partial charge in [0.15, 0.2) is 0 Å². The third-order valence-corrected chi connectivity index (χ3v) is 4.71. The number of amides is 1. The molecule has 0 spiro atoms. The van der Waals surface area contributed by atoms with Crippen molar-refractivity contribution in [2.45, 2.75) is 39.0 Å². The third kappa shape index (κ3) is 4.24. The molecule has 27 heavy (non-hydrogen) atoms. The van der Waals surface area contributed by atoms with Gasteiger partial charge in [0.1, 0.15) is 17.5 Å². The number of ether oxygens (including phenoxy) is 1. The van der Waals surface area contributed by atoms with Gasteiger partial charge in [-0.1, -0.05) is 18.6 Å². The molecule has 0 saturated heterocycles. The van der Waals surface area contributed by atoms with Crippen LogP contribution in [0.15, 0.2) is 24.3 Å². The maximum Gasteiger partial charge on any atom is 0.337 e. The van der Waals surface area contributed by atoms with Crippen LogP contribution in [0.25, 0.3) is 0 Å². The van der Waals surface area contributed by atoms with Crippen molar-refractivity contribution in [1.29, 1.82) is 0 Å². The SMILES string of the molecule is COC(=O)c1cccc(CCCCCN2C(=O)Cc3c(N)nc(C)nc32)c1. The minimum Gasteiger partial charge on any atom is -0.465 e. The lowest BCUT2D eigenvalue weighted by atomic mass is 10.0. The van der Waals surface area contributed by atoms with E-state index in [4.69, 9.17) is 10.5 Å². The molecule has 1 amide bonds. The van der Waals surface area contributed by atoms with Crippen LogP contribution in [0.4, 0.5) is 11.6 Å². The van der Waals surface area contributed by atoms with Crippen molar-refractivity contribution in [2.24, 2.45) is 0 Å². The summed E-state index contributed by atoms with van der Waals surface area (Å²) in [7, 11) is 1.38. The summed E-state index contributed by atoms with van der Waals surface area (Å²) < 4.78 is 4.75. The molecular weight excluding hydrogens is 344 g/mol. The summed E-state index contributed by atoms with van der Waals surface area (Å²) in [6.07, 6.45) is 3.99. The minimum absolute atomic E-state index is 0.0300. The number of fused-ring (bicyclic) bond motifs is 1. The van der Waals surface area contributed by atoms with Crippen LogP contribution in [0.3, 0.4) is 0 Å². The Labute approximate surface area is 158 Å². The molecule has 2 aromatic rings. The summed E-state index contributed by atoms with van der Waals surface area (Å²) >= 11 is 0. The first-order chi connectivity index (χ1) is 13.0. The highest BCUT2D eigenvalue weighted by molar-refractivity contribution is 6.01. The van der Waals surface area contributed by atoms with Crippen molar-refractivity contribution in [1.82, 2.24) is 9.97 Å². The third-order valence-electron chi connectivity index (χ3n) is 4.71. The Bertz CT molecular complexity index is 866. The fourth-order valence-electron chi connectivity index (χ4n) is 3.34. The highest BCUT2D eigenvalue weighted by atomic mass is 16.5. The number of nitrogens with zero attached hydrogens (tertiary/aromatic N) is 3. The molecule has 0 bridgehead atoms. The zero-order valence-electron chi connectivity index (χ0n) is 15.7. The normalized spacial score (nSPS) is 13.0. The van der Waals surface area contributed by atoms with Crippen molar-refractivity contribution in [2.75, 3.05) is 24.3 Å². The Kier molecular flexibility index (Phi) is 5.69. The van der Waals surface area contributed by atoms with Crippen LogP contribution in [0.5, 0.6) is 0 Å². The number of esters is 1.